The lowest BCUT2D eigenvalue weighted by molar-refractivity contribution is -0.385. The second kappa shape index (κ2) is 8.71. The van der Waals surface area contributed by atoms with Gasteiger partial charge in [0.25, 0.3) is 17.2 Å². The van der Waals surface area contributed by atoms with Crippen molar-refractivity contribution < 1.29 is 19.3 Å². The van der Waals surface area contributed by atoms with Crippen LogP contribution in [-0.4, -0.2) is 33.9 Å². The molecule has 0 radical (unpaired) electrons. The average Bonchev–Trinajstić information content (AvgIpc) is 3.09. The number of nitrogens with zero attached hydrogens (tertiary/aromatic N) is 2. The molecule has 11 nitrogen and oxygen atoms in total. The molecule has 0 aliphatic rings. The lowest BCUT2D eigenvalue weighted by atomic mass is 10.2. The first-order valence-electron chi connectivity index (χ1n) is 7.56. The van der Waals surface area contributed by atoms with Gasteiger partial charge in [-0.05, 0) is 17.9 Å². The van der Waals surface area contributed by atoms with E-state index >= 15 is 0 Å². The van der Waals surface area contributed by atoms with Crippen LogP contribution in [0.4, 0.5) is 10.5 Å². The van der Waals surface area contributed by atoms with Crippen LogP contribution in [0.1, 0.15) is 15.2 Å². The van der Waals surface area contributed by atoms with Gasteiger partial charge in [0.15, 0.2) is 0 Å². The fourth-order valence-corrected chi connectivity index (χ4v) is 2.84. The molecule has 12 heteroatoms. The van der Waals surface area contributed by atoms with E-state index < -0.39 is 46.1 Å². The Kier molecular flexibility index (Phi) is 6.38. The molecule has 27 heavy (non-hydrogen) atoms. The van der Waals surface area contributed by atoms with E-state index in [9.17, 15) is 29.3 Å². The van der Waals surface area contributed by atoms with Crippen molar-refractivity contribution in [1.29, 1.82) is 0 Å². The molecule has 4 N–H and O–H groups in total. The summed E-state index contributed by atoms with van der Waals surface area (Å²) in [6.07, 6.45) is 1.38. The smallest absolute Gasteiger partial charge is 0.321 e. The molecule has 0 fully saturated rings. The highest BCUT2D eigenvalue weighted by Gasteiger charge is 2.19. The lowest BCUT2D eigenvalue weighted by Crippen LogP contribution is -2.43. The van der Waals surface area contributed by atoms with Gasteiger partial charge in [-0.1, -0.05) is 6.07 Å². The minimum absolute atomic E-state index is 0.294. The van der Waals surface area contributed by atoms with Crippen LogP contribution >= 0.6 is 11.3 Å². The van der Waals surface area contributed by atoms with Crippen molar-refractivity contribution in [2.75, 3.05) is 6.54 Å². The number of thiophene rings is 1. The number of pyridine rings is 1. The van der Waals surface area contributed by atoms with Gasteiger partial charge in [0.2, 0.25) is 5.91 Å². The number of amides is 4. The molecule has 0 unspecified atom stereocenters. The predicted octanol–water partition coefficient (Wildman–Crippen LogP) is -0.0146. The van der Waals surface area contributed by atoms with Gasteiger partial charge in [0.05, 0.1) is 11.1 Å². The number of aromatic nitrogens is 1. The van der Waals surface area contributed by atoms with Gasteiger partial charge in [-0.2, -0.15) is 0 Å². The van der Waals surface area contributed by atoms with Crippen LogP contribution in [0.2, 0.25) is 0 Å². The van der Waals surface area contributed by atoms with Crippen LogP contribution in [0.15, 0.2) is 34.6 Å². The third-order valence-electron chi connectivity index (χ3n) is 3.35. The topological polar surface area (TPSA) is 166 Å². The van der Waals surface area contributed by atoms with Crippen molar-refractivity contribution in [2.45, 2.75) is 13.0 Å². The molecule has 2 heterocycles. The fourth-order valence-electron chi connectivity index (χ4n) is 2.13. The number of carbonyl (C=O) groups is 3. The maximum atomic E-state index is 12.1. The molecule has 2 aromatic heterocycles. The number of nitrogens with two attached hydrogens (primary N) is 1. The van der Waals surface area contributed by atoms with E-state index in [1.165, 1.54) is 11.3 Å². The fraction of sp³-hybridized carbons (Fsp3) is 0.200. The first kappa shape index (κ1) is 19.8. The van der Waals surface area contributed by atoms with Gasteiger partial charge >= 0.3 is 6.03 Å². The molecule has 0 aromatic carbocycles. The Morgan fingerprint density at radius 2 is 2.07 bits per heavy atom. The summed E-state index contributed by atoms with van der Waals surface area (Å²) in [7, 11) is 0. The van der Waals surface area contributed by atoms with E-state index in [1.54, 1.807) is 0 Å². The molecule has 0 atom stereocenters. The van der Waals surface area contributed by atoms with Crippen molar-refractivity contribution >= 4 is 34.9 Å². The summed E-state index contributed by atoms with van der Waals surface area (Å²) in [4.78, 5) is 58.0. The number of primary amides is 1. The lowest BCUT2D eigenvalue weighted by Gasteiger charge is -2.08. The molecule has 4 amide bonds. The molecular formula is C15H15N5O6S. The normalized spacial score (nSPS) is 10.2. The number of urea groups is 1. The van der Waals surface area contributed by atoms with Gasteiger partial charge in [-0.25, -0.2) is 4.79 Å². The molecule has 2 aromatic rings. The van der Waals surface area contributed by atoms with Gasteiger partial charge in [-0.3, -0.25) is 34.4 Å². The number of hydrogen-bond donors (Lipinski definition) is 3. The van der Waals surface area contributed by atoms with E-state index in [-0.39, 0.29) is 0 Å². The maximum Gasteiger partial charge on any atom is 0.321 e. The summed E-state index contributed by atoms with van der Waals surface area (Å²) >= 11 is 1.53. The van der Waals surface area contributed by atoms with Crippen LogP contribution in [0.5, 0.6) is 0 Å². The number of nitrogens with one attached hydrogen (secondary N) is 2. The quantitative estimate of drug-likeness (QED) is 0.442. The minimum atomic E-state index is -1.16. The van der Waals surface area contributed by atoms with E-state index in [2.05, 4.69) is 5.32 Å². The zero-order valence-corrected chi connectivity index (χ0v) is 14.7. The SMILES string of the molecule is NC(=O)c1cc([N+](=O)[O-])cn(CC(=O)NC(=O)NCCc2cccs2)c1=O. The molecular weight excluding hydrogens is 378 g/mol. The molecule has 0 spiro atoms. The third kappa shape index (κ3) is 5.47. The van der Waals surface area contributed by atoms with Crippen molar-refractivity contribution in [3.8, 4) is 0 Å². The summed E-state index contributed by atoms with van der Waals surface area (Å²) in [5.41, 5.74) is 2.84. The van der Waals surface area contributed by atoms with Crippen LogP contribution in [0.25, 0.3) is 0 Å². The largest absolute Gasteiger partial charge is 0.365 e. The Labute approximate surface area is 155 Å². The Morgan fingerprint density at radius 1 is 1.33 bits per heavy atom. The second-order valence-corrected chi connectivity index (χ2v) is 6.33. The van der Waals surface area contributed by atoms with Gasteiger partial charge in [-0.15, -0.1) is 11.3 Å². The van der Waals surface area contributed by atoms with E-state index in [1.807, 2.05) is 22.8 Å². The number of rotatable bonds is 7. The van der Waals surface area contributed by atoms with Crippen LogP contribution < -0.4 is 21.9 Å². The molecule has 0 aliphatic heterocycles. The predicted molar refractivity (Wildman–Crippen MR) is 95.4 cm³/mol. The monoisotopic (exact) mass is 393 g/mol. The van der Waals surface area contributed by atoms with Gasteiger partial charge in [0.1, 0.15) is 12.1 Å². The van der Waals surface area contributed by atoms with E-state index in [0.717, 1.165) is 17.1 Å². The molecule has 0 saturated heterocycles. The summed E-state index contributed by atoms with van der Waals surface area (Å²) < 4.78 is 0.645. The Balaban J connectivity index is 2.00. The van der Waals surface area contributed by atoms with Gasteiger partial charge < -0.3 is 11.1 Å². The zero-order valence-electron chi connectivity index (χ0n) is 13.8. The van der Waals surface area contributed by atoms with E-state index in [4.69, 9.17) is 5.73 Å². The Hall–Kier alpha value is -3.54. The number of carbonyl (C=O) groups excluding carboxylic acids is 3. The molecule has 0 saturated carbocycles. The third-order valence-corrected chi connectivity index (χ3v) is 4.29. The summed E-state index contributed by atoms with van der Waals surface area (Å²) in [6.45, 7) is -0.401. The zero-order chi connectivity index (χ0) is 20.0. The van der Waals surface area contributed by atoms with Crippen molar-refractivity contribution in [2.24, 2.45) is 5.73 Å². The second-order valence-electron chi connectivity index (χ2n) is 5.30. The molecule has 0 aliphatic carbocycles. The standard InChI is InChI=1S/C15H15N5O6S/c16-13(22)11-6-9(20(25)26)7-19(14(11)23)8-12(21)18-15(24)17-4-3-10-2-1-5-27-10/h1-2,5-7H,3-4,8H2,(H2,16,22)(H2,17,18,21,24). The average molecular weight is 393 g/mol. The Morgan fingerprint density at radius 3 is 2.67 bits per heavy atom. The Bertz CT molecular complexity index is 937. The first-order valence-corrected chi connectivity index (χ1v) is 8.44. The molecule has 0 bridgehead atoms. The minimum Gasteiger partial charge on any atom is -0.365 e. The van der Waals surface area contributed by atoms with Crippen LogP contribution in [-0.2, 0) is 17.8 Å². The first-order chi connectivity index (χ1) is 12.8. The van der Waals surface area contributed by atoms with Crippen LogP contribution in [0, 0.1) is 10.1 Å². The van der Waals surface area contributed by atoms with Gasteiger partial charge in [0, 0.05) is 17.5 Å². The molecule has 142 valence electrons. The highest BCUT2D eigenvalue weighted by molar-refractivity contribution is 7.09. The highest BCUT2D eigenvalue weighted by atomic mass is 32.1. The summed E-state index contributed by atoms with van der Waals surface area (Å²) in [5.74, 6) is -2.05. The number of hydrogen-bond acceptors (Lipinski definition) is 7. The highest BCUT2D eigenvalue weighted by Crippen LogP contribution is 2.10. The summed E-state index contributed by atoms with van der Waals surface area (Å²) in [6, 6.07) is 3.74. The summed E-state index contributed by atoms with van der Waals surface area (Å²) in [5, 5.41) is 17.3. The van der Waals surface area contributed by atoms with E-state index in [0.29, 0.717) is 17.5 Å². The molecule has 2 rings (SSSR count). The van der Waals surface area contributed by atoms with Crippen molar-refractivity contribution in [3.05, 3.63) is 60.7 Å². The number of imide groups is 1. The van der Waals surface area contributed by atoms with Crippen molar-refractivity contribution in [3.63, 3.8) is 0 Å². The van der Waals surface area contributed by atoms with Crippen molar-refractivity contribution in [1.82, 2.24) is 15.2 Å². The van der Waals surface area contributed by atoms with Crippen LogP contribution in [0.3, 0.4) is 0 Å². The number of nitro groups is 1. The maximum absolute atomic E-state index is 12.1.